The van der Waals surface area contributed by atoms with Crippen LogP contribution in [0.5, 0.6) is 0 Å². The maximum Gasteiger partial charge on any atom is 0.201 e. The monoisotopic (exact) mass is 316 g/mol. The van der Waals surface area contributed by atoms with Gasteiger partial charge in [0, 0.05) is 5.39 Å². The fraction of sp³-hybridized carbons (Fsp3) is 0. The number of aromatic nitrogens is 6. The molecule has 6 nitrogen and oxygen atoms in total. The van der Waals surface area contributed by atoms with Crippen LogP contribution in [0.3, 0.4) is 0 Å². The topological polar surface area (TPSA) is 77.3 Å². The Morgan fingerprint density at radius 3 is 2.74 bits per heavy atom. The Balaban J connectivity index is 1.73. The van der Waals surface area contributed by atoms with Crippen molar-refractivity contribution in [3.05, 3.63) is 48.7 Å². The van der Waals surface area contributed by atoms with Crippen molar-refractivity contribution < 1.29 is 0 Å². The third kappa shape index (κ3) is 1.94. The first-order chi connectivity index (χ1) is 11.4. The van der Waals surface area contributed by atoms with Crippen LogP contribution in [-0.4, -0.2) is 30.4 Å². The van der Waals surface area contributed by atoms with E-state index in [1.54, 1.807) is 6.20 Å². The lowest BCUT2D eigenvalue weighted by Gasteiger charge is -2.01. The third-order valence-electron chi connectivity index (χ3n) is 3.60. The van der Waals surface area contributed by atoms with E-state index < -0.39 is 0 Å². The highest BCUT2D eigenvalue weighted by atomic mass is 32.1. The van der Waals surface area contributed by atoms with Gasteiger partial charge in [-0.05, 0) is 18.2 Å². The van der Waals surface area contributed by atoms with Gasteiger partial charge in [-0.25, -0.2) is 9.97 Å². The summed E-state index contributed by atoms with van der Waals surface area (Å²) < 4.78 is 1.00. The molecule has 5 aromatic rings. The lowest BCUT2D eigenvalue weighted by Crippen LogP contribution is -1.95. The molecular weight excluding hydrogens is 308 g/mol. The van der Waals surface area contributed by atoms with Gasteiger partial charge in [0.25, 0.3) is 0 Å². The van der Waals surface area contributed by atoms with Gasteiger partial charge >= 0.3 is 0 Å². The van der Waals surface area contributed by atoms with E-state index in [1.165, 1.54) is 11.3 Å². The Bertz CT molecular complexity index is 1180. The van der Waals surface area contributed by atoms with Crippen molar-refractivity contribution in [3.8, 4) is 11.5 Å². The zero-order valence-corrected chi connectivity index (χ0v) is 12.5. The van der Waals surface area contributed by atoms with Gasteiger partial charge in [0.15, 0.2) is 5.52 Å². The molecule has 0 aliphatic carbocycles. The smallest absolute Gasteiger partial charge is 0.201 e. The maximum atomic E-state index is 4.62. The van der Waals surface area contributed by atoms with Gasteiger partial charge in [0.2, 0.25) is 5.82 Å². The van der Waals surface area contributed by atoms with Crippen LogP contribution < -0.4 is 0 Å². The molecule has 108 valence electrons. The normalized spacial score (nSPS) is 11.5. The van der Waals surface area contributed by atoms with Crippen LogP contribution in [0.25, 0.3) is 43.0 Å². The number of thiophene rings is 1. The molecule has 0 radical (unpaired) electrons. The van der Waals surface area contributed by atoms with Crippen molar-refractivity contribution >= 4 is 42.8 Å². The molecule has 1 aromatic carbocycles. The molecule has 7 heteroatoms. The highest BCUT2D eigenvalue weighted by Gasteiger charge is 2.12. The van der Waals surface area contributed by atoms with Crippen molar-refractivity contribution in [1.29, 1.82) is 0 Å². The largest absolute Gasteiger partial charge is 0.244 e. The van der Waals surface area contributed by atoms with Gasteiger partial charge in [0.1, 0.15) is 16.0 Å². The Kier molecular flexibility index (Phi) is 2.56. The van der Waals surface area contributed by atoms with Gasteiger partial charge in [-0.3, -0.25) is 0 Å². The highest BCUT2D eigenvalue weighted by molar-refractivity contribution is 7.25. The van der Waals surface area contributed by atoms with E-state index in [9.17, 15) is 0 Å². The lowest BCUT2D eigenvalue weighted by molar-refractivity contribution is 1.02. The molecule has 5 rings (SSSR count). The minimum Gasteiger partial charge on any atom is -0.244 e. The summed E-state index contributed by atoms with van der Waals surface area (Å²) in [7, 11) is 0. The number of fused-ring (bicyclic) bond motifs is 4. The van der Waals surface area contributed by atoms with E-state index in [0.29, 0.717) is 17.0 Å². The second-order valence-electron chi connectivity index (χ2n) is 5.02. The molecule has 0 saturated carbocycles. The van der Waals surface area contributed by atoms with E-state index in [0.717, 1.165) is 25.9 Å². The van der Waals surface area contributed by atoms with E-state index >= 15 is 0 Å². The van der Waals surface area contributed by atoms with Gasteiger partial charge in [0.05, 0.1) is 16.4 Å². The van der Waals surface area contributed by atoms with Crippen molar-refractivity contribution in [2.75, 3.05) is 0 Å². The first-order valence-corrected chi connectivity index (χ1v) is 7.81. The Morgan fingerprint density at radius 2 is 1.74 bits per heavy atom. The minimum absolute atomic E-state index is 0.516. The summed E-state index contributed by atoms with van der Waals surface area (Å²) in [6, 6.07) is 13.8. The average molecular weight is 316 g/mol. The SMILES string of the molecule is c1ccc2nc(-c3nnc4c(n3)sc3ccnnc34)ccc2c1. The lowest BCUT2D eigenvalue weighted by atomic mass is 10.2. The number of pyridine rings is 1. The van der Waals surface area contributed by atoms with E-state index in [1.807, 2.05) is 42.5 Å². The fourth-order valence-corrected chi connectivity index (χ4v) is 3.44. The first kappa shape index (κ1) is 12.5. The molecule has 0 unspecified atom stereocenters. The van der Waals surface area contributed by atoms with Crippen molar-refractivity contribution in [3.63, 3.8) is 0 Å². The van der Waals surface area contributed by atoms with Gasteiger partial charge in [-0.2, -0.15) is 5.10 Å². The van der Waals surface area contributed by atoms with Crippen molar-refractivity contribution in [1.82, 2.24) is 30.4 Å². The average Bonchev–Trinajstić information content (AvgIpc) is 2.99. The van der Waals surface area contributed by atoms with Crippen LogP contribution >= 0.6 is 11.3 Å². The molecule has 0 fully saturated rings. The molecule has 4 aromatic heterocycles. The van der Waals surface area contributed by atoms with Crippen LogP contribution in [0, 0.1) is 0 Å². The van der Waals surface area contributed by atoms with Gasteiger partial charge in [-0.1, -0.05) is 24.3 Å². The van der Waals surface area contributed by atoms with Crippen LogP contribution in [0.4, 0.5) is 0 Å². The van der Waals surface area contributed by atoms with Gasteiger partial charge < -0.3 is 0 Å². The summed E-state index contributed by atoms with van der Waals surface area (Å²) in [6.45, 7) is 0. The molecule has 0 spiro atoms. The number of rotatable bonds is 1. The zero-order chi connectivity index (χ0) is 15.2. The van der Waals surface area contributed by atoms with E-state index in [-0.39, 0.29) is 0 Å². The summed E-state index contributed by atoms with van der Waals surface area (Å²) in [4.78, 5) is 10.0. The van der Waals surface area contributed by atoms with E-state index in [4.69, 9.17) is 0 Å². The first-order valence-electron chi connectivity index (χ1n) is 6.99. The molecule has 0 atom stereocenters. The summed E-state index contributed by atoms with van der Waals surface area (Å²) >= 11 is 1.53. The predicted molar refractivity (Wildman–Crippen MR) is 89.0 cm³/mol. The Morgan fingerprint density at radius 1 is 0.783 bits per heavy atom. The molecule has 0 bridgehead atoms. The van der Waals surface area contributed by atoms with Gasteiger partial charge in [-0.15, -0.1) is 26.6 Å². The van der Waals surface area contributed by atoms with Crippen LogP contribution in [0.2, 0.25) is 0 Å². The van der Waals surface area contributed by atoms with Crippen molar-refractivity contribution in [2.24, 2.45) is 0 Å². The second-order valence-corrected chi connectivity index (χ2v) is 6.06. The third-order valence-corrected chi connectivity index (χ3v) is 4.62. The highest BCUT2D eigenvalue weighted by Crippen LogP contribution is 2.29. The Hall–Kier alpha value is -3.06. The van der Waals surface area contributed by atoms with Crippen LogP contribution in [-0.2, 0) is 0 Å². The minimum atomic E-state index is 0.516. The predicted octanol–water partition coefficient (Wildman–Crippen LogP) is 3.24. The van der Waals surface area contributed by atoms with Crippen molar-refractivity contribution in [2.45, 2.75) is 0 Å². The Labute approximate surface area is 133 Å². The summed E-state index contributed by atoms with van der Waals surface area (Å²) in [5.74, 6) is 0.516. The molecule has 0 aliphatic heterocycles. The molecule has 0 N–H and O–H groups in total. The van der Waals surface area contributed by atoms with Crippen LogP contribution in [0.1, 0.15) is 0 Å². The quantitative estimate of drug-likeness (QED) is 0.472. The number of para-hydroxylation sites is 1. The number of benzene rings is 1. The fourth-order valence-electron chi connectivity index (χ4n) is 2.50. The molecule has 0 aliphatic rings. The second kappa shape index (κ2) is 4.72. The number of nitrogens with zero attached hydrogens (tertiary/aromatic N) is 6. The van der Waals surface area contributed by atoms with E-state index in [2.05, 4.69) is 30.4 Å². The molecule has 4 heterocycles. The number of hydrogen-bond acceptors (Lipinski definition) is 7. The maximum absolute atomic E-state index is 4.62. The standard InChI is InChI=1S/C16H8N6S/c1-2-4-10-9(3-1)5-6-11(18-10)15-19-16-14(21-22-15)13-12(23-16)7-8-17-20-13/h1-8H. The summed E-state index contributed by atoms with van der Waals surface area (Å²) in [5.41, 5.74) is 3.05. The molecule has 0 amide bonds. The number of hydrogen-bond donors (Lipinski definition) is 0. The molecule has 0 saturated heterocycles. The van der Waals surface area contributed by atoms with Crippen LogP contribution in [0.15, 0.2) is 48.7 Å². The zero-order valence-electron chi connectivity index (χ0n) is 11.7. The summed E-state index contributed by atoms with van der Waals surface area (Å²) in [6.07, 6.45) is 1.66. The molecular formula is C16H8N6S. The summed E-state index contributed by atoms with van der Waals surface area (Å²) in [5, 5.41) is 17.6. The molecule has 23 heavy (non-hydrogen) atoms.